The average molecular weight is 172 g/mol. The summed E-state index contributed by atoms with van der Waals surface area (Å²) in [4.78, 5) is 1.97. The standard InChI is InChI=1S/C7H10FN3O/c8-6-3-11(4-6)2-1-7-10-9-5-12-7/h5-6H,1-4H2/i5D. The Morgan fingerprint density at radius 1 is 1.83 bits per heavy atom. The van der Waals surface area contributed by atoms with Crippen molar-refractivity contribution in [2.24, 2.45) is 0 Å². The van der Waals surface area contributed by atoms with Crippen LogP contribution in [0, 0.1) is 0 Å². The lowest BCUT2D eigenvalue weighted by Crippen LogP contribution is -2.48. The molecule has 0 unspecified atom stereocenters. The number of likely N-dealkylation sites (tertiary alicyclic amines) is 1. The summed E-state index contributed by atoms with van der Waals surface area (Å²) in [5.74, 6) is 0.451. The van der Waals surface area contributed by atoms with Gasteiger partial charge in [0.05, 0.1) is 0 Å². The maximum Gasteiger partial charge on any atom is 0.217 e. The molecule has 1 aromatic heterocycles. The third-order valence-electron chi connectivity index (χ3n) is 1.92. The van der Waals surface area contributed by atoms with Gasteiger partial charge in [0.2, 0.25) is 12.3 Å². The molecule has 0 aromatic carbocycles. The van der Waals surface area contributed by atoms with Crippen LogP contribution in [0.25, 0.3) is 0 Å². The van der Waals surface area contributed by atoms with E-state index in [1.165, 1.54) is 0 Å². The summed E-state index contributed by atoms with van der Waals surface area (Å²) < 4.78 is 24.2. The third-order valence-corrected chi connectivity index (χ3v) is 1.92. The number of alkyl halides is 1. The fraction of sp³-hybridized carbons (Fsp3) is 0.714. The van der Waals surface area contributed by atoms with E-state index in [1.54, 1.807) is 0 Å². The molecule has 1 aromatic rings. The maximum absolute atomic E-state index is 12.4. The van der Waals surface area contributed by atoms with Gasteiger partial charge in [-0.2, -0.15) is 0 Å². The number of hydrogen-bond donors (Lipinski definition) is 0. The Labute approximate surface area is 70.8 Å². The first-order valence-corrected chi connectivity index (χ1v) is 3.89. The maximum atomic E-state index is 12.4. The lowest BCUT2D eigenvalue weighted by atomic mass is 10.2. The fourth-order valence-corrected chi connectivity index (χ4v) is 1.21. The Kier molecular flexibility index (Phi) is 1.73. The largest absolute Gasteiger partial charge is 0.428 e. The smallest absolute Gasteiger partial charge is 0.217 e. The van der Waals surface area contributed by atoms with Crippen LogP contribution in [0.4, 0.5) is 4.39 Å². The molecule has 2 rings (SSSR count). The lowest BCUT2D eigenvalue weighted by Gasteiger charge is -2.33. The normalized spacial score (nSPS) is 20.6. The van der Waals surface area contributed by atoms with E-state index < -0.39 is 6.17 Å². The van der Waals surface area contributed by atoms with Crippen LogP contribution in [-0.2, 0) is 6.42 Å². The van der Waals surface area contributed by atoms with Crippen LogP contribution in [-0.4, -0.2) is 40.9 Å². The minimum Gasteiger partial charge on any atom is -0.428 e. The Morgan fingerprint density at radius 2 is 2.67 bits per heavy atom. The summed E-state index contributed by atoms with van der Waals surface area (Å²) in [5, 5.41) is 7.05. The zero-order valence-corrected chi connectivity index (χ0v) is 6.53. The molecule has 0 spiro atoms. The molecule has 4 nitrogen and oxygen atoms in total. The molecule has 12 heavy (non-hydrogen) atoms. The molecule has 2 heterocycles. The summed E-state index contributed by atoms with van der Waals surface area (Å²) in [6.07, 6.45) is -0.241. The van der Waals surface area contributed by atoms with E-state index in [0.717, 1.165) is 6.54 Å². The van der Waals surface area contributed by atoms with Gasteiger partial charge < -0.3 is 4.42 Å². The van der Waals surface area contributed by atoms with Gasteiger partial charge in [-0.25, -0.2) is 4.39 Å². The zero-order valence-electron chi connectivity index (χ0n) is 7.53. The second-order valence-corrected chi connectivity index (χ2v) is 2.89. The monoisotopic (exact) mass is 172 g/mol. The molecule has 0 amide bonds. The Morgan fingerprint density at radius 3 is 3.25 bits per heavy atom. The predicted molar refractivity (Wildman–Crippen MR) is 39.3 cm³/mol. The van der Waals surface area contributed by atoms with Crippen LogP contribution in [0.1, 0.15) is 7.26 Å². The minimum absolute atomic E-state index is 0.165. The Bertz CT molecular complexity index is 287. The minimum atomic E-state index is -0.672. The fourth-order valence-electron chi connectivity index (χ4n) is 1.21. The van der Waals surface area contributed by atoms with Crippen LogP contribution in [0.3, 0.4) is 0 Å². The van der Waals surface area contributed by atoms with Crippen molar-refractivity contribution in [3.05, 3.63) is 12.3 Å². The van der Waals surface area contributed by atoms with E-state index in [9.17, 15) is 4.39 Å². The van der Waals surface area contributed by atoms with Crippen LogP contribution in [0.2, 0.25) is 0 Å². The molecule has 66 valence electrons. The highest BCUT2D eigenvalue weighted by Crippen LogP contribution is 2.11. The predicted octanol–water partition coefficient (Wildman–Crippen LogP) is 0.266. The molecule has 5 heteroatoms. The van der Waals surface area contributed by atoms with Gasteiger partial charge in [-0.1, -0.05) is 0 Å². The molecular formula is C7H10FN3O. The molecule has 1 aliphatic heterocycles. The van der Waals surface area contributed by atoms with Crippen molar-refractivity contribution in [2.75, 3.05) is 19.6 Å². The van der Waals surface area contributed by atoms with Crippen molar-refractivity contribution in [1.82, 2.24) is 15.1 Å². The van der Waals surface area contributed by atoms with Gasteiger partial charge >= 0.3 is 0 Å². The highest BCUT2D eigenvalue weighted by molar-refractivity contribution is 4.82. The number of rotatable bonds is 3. The van der Waals surface area contributed by atoms with E-state index in [1.807, 2.05) is 4.90 Å². The molecule has 0 atom stereocenters. The summed E-state index contributed by atoms with van der Waals surface area (Å²) >= 11 is 0. The van der Waals surface area contributed by atoms with Gasteiger partial charge in [-0.15, -0.1) is 10.2 Å². The van der Waals surface area contributed by atoms with Gasteiger partial charge in [0.25, 0.3) is 0 Å². The van der Waals surface area contributed by atoms with Gasteiger partial charge in [0.15, 0.2) is 0 Å². The summed E-state index contributed by atoms with van der Waals surface area (Å²) in [6.45, 7) is 1.73. The first-order chi connectivity index (χ1) is 6.24. The van der Waals surface area contributed by atoms with Gasteiger partial charge in [-0.05, 0) is 0 Å². The summed E-state index contributed by atoms with van der Waals surface area (Å²) in [5.41, 5.74) is 0. The van der Waals surface area contributed by atoms with Gasteiger partial charge in [0, 0.05) is 26.1 Å². The Balaban J connectivity index is 1.74. The number of hydrogen-bond acceptors (Lipinski definition) is 4. The third kappa shape index (κ3) is 1.61. The van der Waals surface area contributed by atoms with Gasteiger partial charge in [0.1, 0.15) is 7.54 Å². The molecule has 0 bridgehead atoms. The quantitative estimate of drug-likeness (QED) is 0.656. The van der Waals surface area contributed by atoms with Crippen molar-refractivity contribution < 1.29 is 10.2 Å². The van der Waals surface area contributed by atoms with E-state index in [2.05, 4.69) is 10.2 Å². The van der Waals surface area contributed by atoms with Crippen molar-refractivity contribution in [1.29, 1.82) is 0 Å². The van der Waals surface area contributed by atoms with Crippen molar-refractivity contribution >= 4 is 0 Å². The van der Waals surface area contributed by atoms with Crippen LogP contribution < -0.4 is 0 Å². The highest BCUT2D eigenvalue weighted by Gasteiger charge is 2.25. The van der Waals surface area contributed by atoms with Gasteiger partial charge in [-0.3, -0.25) is 4.90 Å². The Hall–Kier alpha value is -0.970. The molecule has 1 aliphatic rings. The second-order valence-electron chi connectivity index (χ2n) is 2.89. The van der Waals surface area contributed by atoms with Crippen LogP contribution in [0.15, 0.2) is 10.8 Å². The molecule has 1 saturated heterocycles. The average Bonchev–Trinajstić information content (AvgIpc) is 2.43. The van der Waals surface area contributed by atoms with E-state index in [0.29, 0.717) is 25.4 Å². The van der Waals surface area contributed by atoms with Crippen molar-refractivity contribution in [2.45, 2.75) is 12.6 Å². The molecule has 0 radical (unpaired) electrons. The second kappa shape index (κ2) is 3.18. The van der Waals surface area contributed by atoms with E-state index in [-0.39, 0.29) is 6.37 Å². The molecular weight excluding hydrogens is 161 g/mol. The molecule has 0 saturated carbocycles. The number of halogens is 1. The van der Waals surface area contributed by atoms with E-state index in [4.69, 9.17) is 5.79 Å². The lowest BCUT2D eigenvalue weighted by molar-refractivity contribution is 0.0655. The summed E-state index contributed by atoms with van der Waals surface area (Å²) in [6, 6.07) is 0. The number of nitrogens with zero attached hydrogens (tertiary/aromatic N) is 3. The SMILES string of the molecule is [2H]c1nnc(CCN2CC(F)C2)o1. The number of aromatic nitrogens is 2. The summed E-state index contributed by atoms with van der Waals surface area (Å²) in [7, 11) is 0. The molecule has 0 aliphatic carbocycles. The molecule has 0 N–H and O–H groups in total. The van der Waals surface area contributed by atoms with E-state index >= 15 is 0 Å². The first kappa shape index (κ1) is 6.54. The topological polar surface area (TPSA) is 42.2 Å². The van der Waals surface area contributed by atoms with Crippen molar-refractivity contribution in [3.63, 3.8) is 0 Å². The first-order valence-electron chi connectivity index (χ1n) is 4.39. The van der Waals surface area contributed by atoms with Crippen LogP contribution in [0.5, 0.6) is 0 Å². The highest BCUT2D eigenvalue weighted by atomic mass is 19.1. The molecule has 1 fully saturated rings. The zero-order chi connectivity index (χ0) is 9.26. The van der Waals surface area contributed by atoms with Crippen molar-refractivity contribution in [3.8, 4) is 0 Å². The van der Waals surface area contributed by atoms with Crippen LogP contribution >= 0.6 is 0 Å².